The van der Waals surface area contributed by atoms with Gasteiger partial charge in [0.2, 0.25) is 0 Å². The van der Waals surface area contributed by atoms with E-state index in [1.54, 1.807) is 0 Å². The molecular formula is C60H116O17P2. The van der Waals surface area contributed by atoms with Gasteiger partial charge in [-0.15, -0.1) is 0 Å². The molecule has 3 N–H and O–H groups in total. The zero-order chi connectivity index (χ0) is 58.8. The Morgan fingerprint density at radius 2 is 0.582 bits per heavy atom. The summed E-state index contributed by atoms with van der Waals surface area (Å²) in [6, 6.07) is 0. The van der Waals surface area contributed by atoms with Crippen molar-refractivity contribution in [3.63, 3.8) is 0 Å². The maximum Gasteiger partial charge on any atom is 0.472 e. The van der Waals surface area contributed by atoms with Crippen molar-refractivity contribution in [1.29, 1.82) is 0 Å². The van der Waals surface area contributed by atoms with Crippen LogP contribution in [0.1, 0.15) is 286 Å². The van der Waals surface area contributed by atoms with Crippen LogP contribution in [0.5, 0.6) is 0 Å². The van der Waals surface area contributed by atoms with E-state index in [0.29, 0.717) is 31.6 Å². The van der Waals surface area contributed by atoms with Crippen LogP contribution >= 0.6 is 15.6 Å². The van der Waals surface area contributed by atoms with Gasteiger partial charge in [-0.25, -0.2) is 9.13 Å². The number of hydrogen-bond acceptors (Lipinski definition) is 15. The van der Waals surface area contributed by atoms with Gasteiger partial charge in [0.15, 0.2) is 12.2 Å². The third-order valence-corrected chi connectivity index (χ3v) is 15.5. The van der Waals surface area contributed by atoms with E-state index in [1.807, 2.05) is 0 Å². The van der Waals surface area contributed by atoms with Crippen LogP contribution in [-0.4, -0.2) is 96.7 Å². The van der Waals surface area contributed by atoms with Gasteiger partial charge in [-0.2, -0.15) is 0 Å². The van der Waals surface area contributed by atoms with Gasteiger partial charge >= 0.3 is 39.5 Å². The first-order chi connectivity index (χ1) is 37.7. The minimum Gasteiger partial charge on any atom is -0.462 e. The Labute approximate surface area is 479 Å². The zero-order valence-electron chi connectivity index (χ0n) is 50.8. The molecule has 0 aliphatic heterocycles. The number of aliphatic hydroxyl groups excluding tert-OH is 1. The average Bonchev–Trinajstić information content (AvgIpc) is 3.39. The standard InChI is InChI=1S/C60H116O17P2/c1-8-9-10-11-17-27-34-41-57(62)70-47-55(77-60(65)44-37-30-23-16-20-26-33-40-53(6)7)49-74-78(66,67)72-45-54(61)46-73-79(68,69)75-50-56(76-59(64)43-36-29-22-15-13-19-25-32-39-52(4)5)48-71-58(63)42-35-28-21-14-12-18-24-31-38-51(2)3/h51-56,61H,8-50H2,1-7H3,(H,66,67)(H,68,69)/t54-,55+,56+/m0/s1. The second-order valence-electron chi connectivity index (χ2n) is 23.2. The molecule has 0 saturated heterocycles. The molecule has 5 atom stereocenters. The second kappa shape index (κ2) is 51.7. The van der Waals surface area contributed by atoms with Crippen molar-refractivity contribution >= 4 is 39.5 Å². The lowest BCUT2D eigenvalue weighted by molar-refractivity contribution is -0.161. The van der Waals surface area contributed by atoms with Crippen LogP contribution < -0.4 is 0 Å². The molecule has 0 rings (SSSR count). The number of ether oxygens (including phenoxy) is 4. The van der Waals surface area contributed by atoms with Crippen molar-refractivity contribution in [3.05, 3.63) is 0 Å². The molecule has 0 bridgehead atoms. The molecule has 0 fully saturated rings. The molecule has 0 heterocycles. The van der Waals surface area contributed by atoms with E-state index in [2.05, 4.69) is 48.5 Å². The Kier molecular flexibility index (Phi) is 50.4. The Morgan fingerprint density at radius 1 is 0.342 bits per heavy atom. The van der Waals surface area contributed by atoms with Gasteiger partial charge in [0.25, 0.3) is 0 Å². The van der Waals surface area contributed by atoms with E-state index in [-0.39, 0.29) is 25.7 Å². The third-order valence-electron chi connectivity index (χ3n) is 13.6. The van der Waals surface area contributed by atoms with Crippen LogP contribution in [0.15, 0.2) is 0 Å². The molecule has 0 aliphatic rings. The molecule has 19 heteroatoms. The highest BCUT2D eigenvalue weighted by Gasteiger charge is 2.30. The summed E-state index contributed by atoms with van der Waals surface area (Å²) in [5.41, 5.74) is 0. The molecule has 0 aromatic carbocycles. The van der Waals surface area contributed by atoms with Crippen LogP contribution in [0.3, 0.4) is 0 Å². The number of phosphoric acid groups is 2. The molecule has 2 unspecified atom stereocenters. The Hall–Kier alpha value is -1.94. The summed E-state index contributed by atoms with van der Waals surface area (Å²) in [6.45, 7) is 11.6. The molecule has 0 aromatic heterocycles. The number of carbonyl (C=O) groups excluding carboxylic acids is 4. The van der Waals surface area contributed by atoms with E-state index in [1.165, 1.54) is 83.5 Å². The summed E-state index contributed by atoms with van der Waals surface area (Å²) in [5, 5.41) is 10.5. The van der Waals surface area contributed by atoms with Crippen molar-refractivity contribution in [2.75, 3.05) is 39.6 Å². The molecule has 0 spiro atoms. The Balaban J connectivity index is 5.23. The van der Waals surface area contributed by atoms with E-state index in [9.17, 15) is 43.2 Å². The number of rotatable bonds is 58. The molecule has 0 aliphatic carbocycles. The molecule has 0 radical (unpaired) electrons. The van der Waals surface area contributed by atoms with Crippen molar-refractivity contribution in [2.24, 2.45) is 17.8 Å². The quantitative estimate of drug-likeness (QED) is 0.0222. The summed E-state index contributed by atoms with van der Waals surface area (Å²) >= 11 is 0. The molecule has 17 nitrogen and oxygen atoms in total. The topological polar surface area (TPSA) is 237 Å². The summed E-state index contributed by atoms with van der Waals surface area (Å²) in [4.78, 5) is 71.9. The molecule has 0 amide bonds. The number of unbranched alkanes of at least 4 members (excludes halogenated alkanes) is 26. The fraction of sp³-hybridized carbons (Fsp3) is 0.933. The summed E-state index contributed by atoms with van der Waals surface area (Å²) in [7, 11) is -9.88. The van der Waals surface area contributed by atoms with Gasteiger partial charge in [0.1, 0.15) is 19.3 Å². The number of carbonyl (C=O) groups is 4. The van der Waals surface area contributed by atoms with Crippen molar-refractivity contribution in [3.8, 4) is 0 Å². The summed E-state index contributed by atoms with van der Waals surface area (Å²) in [5.74, 6) is -0.00866. The predicted molar refractivity (Wildman–Crippen MR) is 312 cm³/mol. The van der Waals surface area contributed by atoms with Gasteiger partial charge in [-0.05, 0) is 43.4 Å². The second-order valence-corrected chi connectivity index (χ2v) is 26.1. The first-order valence-corrected chi connectivity index (χ1v) is 34.3. The van der Waals surface area contributed by atoms with Crippen LogP contribution in [0.25, 0.3) is 0 Å². The Morgan fingerprint density at radius 3 is 0.861 bits per heavy atom. The van der Waals surface area contributed by atoms with Crippen molar-refractivity contribution in [2.45, 2.75) is 304 Å². The number of esters is 4. The highest BCUT2D eigenvalue weighted by Crippen LogP contribution is 2.45. The summed E-state index contributed by atoms with van der Waals surface area (Å²) in [6.07, 6.45) is 31.0. The fourth-order valence-electron chi connectivity index (χ4n) is 8.77. The highest BCUT2D eigenvalue weighted by molar-refractivity contribution is 7.47. The van der Waals surface area contributed by atoms with E-state index in [0.717, 1.165) is 115 Å². The molecule has 0 aromatic rings. The van der Waals surface area contributed by atoms with Gasteiger partial charge in [0.05, 0.1) is 26.4 Å². The van der Waals surface area contributed by atoms with Crippen LogP contribution in [0.4, 0.5) is 0 Å². The van der Waals surface area contributed by atoms with Gasteiger partial charge in [-0.3, -0.25) is 37.3 Å². The van der Waals surface area contributed by atoms with Crippen LogP contribution in [-0.2, 0) is 65.4 Å². The minimum atomic E-state index is -4.94. The van der Waals surface area contributed by atoms with E-state index < -0.39 is 97.5 Å². The lowest BCUT2D eigenvalue weighted by Crippen LogP contribution is -2.30. The van der Waals surface area contributed by atoms with E-state index in [4.69, 9.17) is 37.0 Å². The highest BCUT2D eigenvalue weighted by atomic mass is 31.2. The number of hydrogen-bond donors (Lipinski definition) is 3. The number of phosphoric ester groups is 2. The molecule has 79 heavy (non-hydrogen) atoms. The molecule has 0 saturated carbocycles. The summed E-state index contributed by atoms with van der Waals surface area (Å²) < 4.78 is 67.7. The molecular weight excluding hydrogens is 1050 g/mol. The largest absolute Gasteiger partial charge is 0.472 e. The predicted octanol–water partition coefficient (Wildman–Crippen LogP) is 15.9. The lowest BCUT2D eigenvalue weighted by Gasteiger charge is -2.21. The van der Waals surface area contributed by atoms with Gasteiger partial charge in [0, 0.05) is 25.7 Å². The third kappa shape index (κ3) is 55.0. The fourth-order valence-corrected chi connectivity index (χ4v) is 10.4. The Bertz CT molecular complexity index is 1580. The van der Waals surface area contributed by atoms with Crippen LogP contribution in [0.2, 0.25) is 0 Å². The average molecular weight is 1170 g/mol. The van der Waals surface area contributed by atoms with Gasteiger partial charge < -0.3 is 33.8 Å². The normalized spacial score (nSPS) is 14.5. The first kappa shape index (κ1) is 77.1. The lowest BCUT2D eigenvalue weighted by atomic mass is 10.0. The van der Waals surface area contributed by atoms with Crippen molar-refractivity contribution < 1.29 is 80.2 Å². The van der Waals surface area contributed by atoms with Crippen LogP contribution in [0, 0.1) is 17.8 Å². The SMILES string of the molecule is CCCCCCCCCC(=O)OC[C@H](COP(=O)(O)OC[C@H](O)COP(=O)(O)OC[C@@H](COC(=O)CCCCCCCCCCC(C)C)OC(=O)CCCCCCCCCCC(C)C)OC(=O)CCCCCCCCCC(C)C. The first-order valence-electron chi connectivity index (χ1n) is 31.3. The smallest absolute Gasteiger partial charge is 0.462 e. The van der Waals surface area contributed by atoms with Gasteiger partial charge in [-0.1, -0.05) is 235 Å². The zero-order valence-corrected chi connectivity index (χ0v) is 52.6. The number of aliphatic hydroxyl groups is 1. The maximum atomic E-state index is 12.9. The van der Waals surface area contributed by atoms with Crippen molar-refractivity contribution in [1.82, 2.24) is 0 Å². The monoisotopic (exact) mass is 1170 g/mol. The van der Waals surface area contributed by atoms with E-state index >= 15 is 0 Å². The minimum absolute atomic E-state index is 0.102. The molecule has 468 valence electrons. The maximum absolute atomic E-state index is 12.9.